The monoisotopic (exact) mass is 347 g/mol. The van der Waals surface area contributed by atoms with Gasteiger partial charge in [-0.25, -0.2) is 9.59 Å². The number of fused-ring (bicyclic) bond motifs is 1. The number of benzene rings is 1. The first-order chi connectivity index (χ1) is 11.9. The van der Waals surface area contributed by atoms with E-state index >= 15 is 0 Å². The molecule has 1 heterocycles. The fraction of sp³-hybridized carbons (Fsp3) is 0.579. The molecule has 1 saturated carbocycles. The van der Waals surface area contributed by atoms with Crippen molar-refractivity contribution >= 4 is 12.1 Å². The van der Waals surface area contributed by atoms with Gasteiger partial charge in [-0.3, -0.25) is 4.90 Å². The molecule has 1 aromatic carbocycles. The molecule has 2 fully saturated rings. The second-order valence-corrected chi connectivity index (χ2v) is 7.06. The number of amides is 1. The third-order valence-electron chi connectivity index (χ3n) is 5.40. The van der Waals surface area contributed by atoms with Crippen LogP contribution in [0.5, 0.6) is 0 Å². The second-order valence-electron chi connectivity index (χ2n) is 7.06. The number of carbonyl (C=O) groups is 2. The molecule has 6 heteroatoms. The summed E-state index contributed by atoms with van der Waals surface area (Å²) in [5.74, 6) is -0.631. The van der Waals surface area contributed by atoms with Crippen molar-refractivity contribution in [3.8, 4) is 0 Å². The van der Waals surface area contributed by atoms with Crippen LogP contribution in [-0.2, 0) is 20.9 Å². The minimum atomic E-state index is -0.871. The summed E-state index contributed by atoms with van der Waals surface area (Å²) < 4.78 is 10.6. The van der Waals surface area contributed by atoms with Crippen molar-refractivity contribution in [1.82, 2.24) is 4.90 Å². The predicted molar refractivity (Wildman–Crippen MR) is 90.6 cm³/mol. The lowest BCUT2D eigenvalue weighted by atomic mass is 9.87. The Morgan fingerprint density at radius 2 is 2.00 bits per heavy atom. The summed E-state index contributed by atoms with van der Waals surface area (Å²) in [5, 5.41) is 10.6. The molecular weight excluding hydrogens is 322 g/mol. The molecule has 1 aliphatic heterocycles. The van der Waals surface area contributed by atoms with Crippen LogP contribution in [0.1, 0.15) is 32.3 Å². The van der Waals surface area contributed by atoms with Crippen LogP contribution in [0.4, 0.5) is 4.79 Å². The van der Waals surface area contributed by atoms with E-state index in [4.69, 9.17) is 9.47 Å². The Hall–Kier alpha value is -2.08. The van der Waals surface area contributed by atoms with Crippen molar-refractivity contribution in [1.29, 1.82) is 0 Å². The lowest BCUT2D eigenvalue weighted by Crippen LogP contribution is -2.44. The van der Waals surface area contributed by atoms with Gasteiger partial charge in [0.05, 0.1) is 12.2 Å². The third kappa shape index (κ3) is 3.49. The number of carbonyl (C=O) groups excluding carboxylic acids is 2. The van der Waals surface area contributed by atoms with Crippen molar-refractivity contribution in [2.75, 3.05) is 13.2 Å². The Labute approximate surface area is 147 Å². The van der Waals surface area contributed by atoms with E-state index in [1.807, 2.05) is 30.3 Å². The lowest BCUT2D eigenvalue weighted by Gasteiger charge is -2.26. The van der Waals surface area contributed by atoms with Gasteiger partial charge in [0.1, 0.15) is 12.6 Å². The zero-order valence-corrected chi connectivity index (χ0v) is 14.7. The first kappa shape index (κ1) is 17.7. The predicted octanol–water partition coefficient (Wildman–Crippen LogP) is 2.35. The van der Waals surface area contributed by atoms with Gasteiger partial charge in [-0.1, -0.05) is 30.3 Å². The normalized spacial score (nSPS) is 30.8. The van der Waals surface area contributed by atoms with Gasteiger partial charge in [-0.15, -0.1) is 0 Å². The highest BCUT2D eigenvalue weighted by Gasteiger charge is 2.58. The second kappa shape index (κ2) is 7.04. The first-order valence-electron chi connectivity index (χ1n) is 8.80. The Bertz CT molecular complexity index is 630. The lowest BCUT2D eigenvalue weighted by molar-refractivity contribution is -0.149. The largest absolute Gasteiger partial charge is 0.464 e. The highest BCUT2D eigenvalue weighted by atomic mass is 16.6. The summed E-state index contributed by atoms with van der Waals surface area (Å²) in [5.41, 5.74) is 0.0130. The zero-order chi connectivity index (χ0) is 18.0. The number of aliphatic hydroxyl groups is 1. The van der Waals surface area contributed by atoms with E-state index in [1.165, 1.54) is 4.90 Å². The van der Waals surface area contributed by atoms with E-state index in [0.29, 0.717) is 19.4 Å². The summed E-state index contributed by atoms with van der Waals surface area (Å²) >= 11 is 0. The van der Waals surface area contributed by atoms with Gasteiger partial charge in [0.15, 0.2) is 0 Å². The first-order valence-corrected chi connectivity index (χ1v) is 8.80. The highest BCUT2D eigenvalue weighted by molar-refractivity contribution is 5.82. The molecule has 3 rings (SSSR count). The van der Waals surface area contributed by atoms with Gasteiger partial charge in [0, 0.05) is 12.5 Å². The number of hydrogen-bond donors (Lipinski definition) is 1. The van der Waals surface area contributed by atoms with Crippen molar-refractivity contribution in [3.63, 3.8) is 0 Å². The van der Waals surface area contributed by atoms with E-state index in [2.05, 4.69) is 0 Å². The van der Waals surface area contributed by atoms with Gasteiger partial charge in [0.25, 0.3) is 0 Å². The summed E-state index contributed by atoms with van der Waals surface area (Å²) in [4.78, 5) is 26.5. The molecule has 0 spiro atoms. The van der Waals surface area contributed by atoms with E-state index in [-0.39, 0.29) is 25.0 Å². The van der Waals surface area contributed by atoms with Crippen molar-refractivity contribution in [3.05, 3.63) is 35.9 Å². The Kier molecular flexibility index (Phi) is 4.99. The standard InChI is InChI=1S/C19H25NO5/c1-3-24-17(21)16-14-9-10-19(2,23)15(14)11-20(16)18(22)25-12-13-7-5-4-6-8-13/h4-8,14-16,23H,3,9-12H2,1-2H3/t14-,15?,16-,19+/m0/s1. The average Bonchev–Trinajstić information content (AvgIpc) is 3.12. The molecule has 1 amide bonds. The number of ether oxygens (including phenoxy) is 2. The van der Waals surface area contributed by atoms with Crippen LogP contribution in [0.15, 0.2) is 30.3 Å². The van der Waals surface area contributed by atoms with Gasteiger partial charge in [0.2, 0.25) is 0 Å². The zero-order valence-electron chi connectivity index (χ0n) is 14.7. The van der Waals surface area contributed by atoms with E-state index in [0.717, 1.165) is 5.56 Å². The molecule has 4 atom stereocenters. The minimum absolute atomic E-state index is 0.0849. The van der Waals surface area contributed by atoms with Gasteiger partial charge in [-0.05, 0) is 38.2 Å². The molecule has 6 nitrogen and oxygen atoms in total. The molecule has 2 aliphatic rings. The van der Waals surface area contributed by atoms with Crippen molar-refractivity contribution < 1.29 is 24.2 Å². The summed E-state index contributed by atoms with van der Waals surface area (Å²) in [7, 11) is 0. The van der Waals surface area contributed by atoms with E-state index < -0.39 is 23.7 Å². The molecule has 136 valence electrons. The molecule has 0 radical (unpaired) electrons. The third-order valence-corrected chi connectivity index (χ3v) is 5.40. The average molecular weight is 347 g/mol. The maximum Gasteiger partial charge on any atom is 0.410 e. The van der Waals surface area contributed by atoms with Crippen molar-refractivity contribution in [2.24, 2.45) is 11.8 Å². The summed E-state index contributed by atoms with van der Waals surface area (Å²) in [6, 6.07) is 8.72. The molecule has 1 unspecified atom stereocenters. The SMILES string of the molecule is CCOC(=O)[C@@H]1[C@H]2CC[C@@](C)(O)C2CN1C(=O)OCc1ccccc1. The number of hydrogen-bond acceptors (Lipinski definition) is 5. The maximum absolute atomic E-state index is 12.6. The van der Waals surface area contributed by atoms with Crippen LogP contribution >= 0.6 is 0 Å². The van der Waals surface area contributed by atoms with Crippen LogP contribution in [0.2, 0.25) is 0 Å². The maximum atomic E-state index is 12.6. The van der Waals surface area contributed by atoms with Crippen LogP contribution in [-0.4, -0.2) is 46.9 Å². The number of likely N-dealkylation sites (tertiary alicyclic amines) is 1. The molecule has 0 bridgehead atoms. The molecule has 1 N–H and O–H groups in total. The van der Waals surface area contributed by atoms with Gasteiger partial charge in [-0.2, -0.15) is 0 Å². The molecule has 25 heavy (non-hydrogen) atoms. The molecule has 0 aromatic heterocycles. The number of nitrogens with zero attached hydrogens (tertiary/aromatic N) is 1. The van der Waals surface area contributed by atoms with E-state index in [9.17, 15) is 14.7 Å². The topological polar surface area (TPSA) is 76.1 Å². The minimum Gasteiger partial charge on any atom is -0.464 e. The van der Waals surface area contributed by atoms with Crippen LogP contribution in [0, 0.1) is 11.8 Å². The highest BCUT2D eigenvalue weighted by Crippen LogP contribution is 2.48. The van der Waals surface area contributed by atoms with Gasteiger partial charge < -0.3 is 14.6 Å². The fourth-order valence-electron chi connectivity index (χ4n) is 4.09. The summed E-state index contributed by atoms with van der Waals surface area (Å²) in [6.07, 6.45) is 0.793. The number of rotatable bonds is 4. The van der Waals surface area contributed by atoms with Gasteiger partial charge >= 0.3 is 12.1 Å². The molecule has 1 aliphatic carbocycles. The fourth-order valence-corrected chi connectivity index (χ4v) is 4.09. The van der Waals surface area contributed by atoms with E-state index in [1.54, 1.807) is 13.8 Å². The van der Waals surface area contributed by atoms with Crippen molar-refractivity contribution in [2.45, 2.75) is 44.9 Å². The molecular formula is C19H25NO5. The smallest absolute Gasteiger partial charge is 0.410 e. The molecule has 1 saturated heterocycles. The summed E-state index contributed by atoms with van der Waals surface area (Å²) in [6.45, 7) is 4.24. The Balaban J connectivity index is 1.73. The quantitative estimate of drug-likeness (QED) is 0.846. The Morgan fingerprint density at radius 1 is 1.28 bits per heavy atom. The van der Waals surface area contributed by atoms with Crippen LogP contribution in [0.25, 0.3) is 0 Å². The van der Waals surface area contributed by atoms with Crippen LogP contribution < -0.4 is 0 Å². The Morgan fingerprint density at radius 3 is 2.68 bits per heavy atom. The number of esters is 1. The molecule has 1 aromatic rings. The van der Waals surface area contributed by atoms with Crippen LogP contribution in [0.3, 0.4) is 0 Å².